The van der Waals surface area contributed by atoms with Gasteiger partial charge < -0.3 is 20.5 Å². The van der Waals surface area contributed by atoms with Gasteiger partial charge in [0.15, 0.2) is 5.96 Å². The predicted molar refractivity (Wildman–Crippen MR) is 132 cm³/mol. The van der Waals surface area contributed by atoms with Crippen LogP contribution >= 0.6 is 24.0 Å². The van der Waals surface area contributed by atoms with Gasteiger partial charge in [0.05, 0.1) is 12.1 Å². The molecule has 1 aromatic carbocycles. The molecule has 0 aromatic heterocycles. The van der Waals surface area contributed by atoms with E-state index in [4.69, 9.17) is 4.74 Å². The summed E-state index contributed by atoms with van der Waals surface area (Å²) in [6.07, 6.45) is -3.41. The van der Waals surface area contributed by atoms with Crippen LogP contribution < -0.4 is 15.4 Å². The summed E-state index contributed by atoms with van der Waals surface area (Å²) < 4.78 is 43.6. The molecule has 1 fully saturated rings. The van der Waals surface area contributed by atoms with Crippen LogP contribution in [0.5, 0.6) is 5.75 Å². The molecular formula is C22H34F3IN4O2. The fourth-order valence-electron chi connectivity index (χ4n) is 3.33. The average Bonchev–Trinajstić information content (AvgIpc) is 2.71. The van der Waals surface area contributed by atoms with Crippen molar-refractivity contribution in [3.05, 3.63) is 42.0 Å². The van der Waals surface area contributed by atoms with Crippen molar-refractivity contribution in [2.45, 2.75) is 45.0 Å². The van der Waals surface area contributed by atoms with Crippen molar-refractivity contribution >= 4 is 29.9 Å². The largest absolute Gasteiger partial charge is 0.491 e. The Morgan fingerprint density at radius 1 is 1.34 bits per heavy atom. The van der Waals surface area contributed by atoms with Crippen molar-refractivity contribution in [2.24, 2.45) is 4.99 Å². The molecule has 10 heteroatoms. The molecule has 0 spiro atoms. The molecule has 1 atom stereocenters. The van der Waals surface area contributed by atoms with E-state index in [1.54, 1.807) is 0 Å². The van der Waals surface area contributed by atoms with Crippen LogP contribution in [-0.4, -0.2) is 67.4 Å². The molecule has 1 unspecified atom stereocenters. The molecule has 1 aromatic rings. The highest BCUT2D eigenvalue weighted by Crippen LogP contribution is 2.31. The monoisotopic (exact) mass is 570 g/mol. The van der Waals surface area contributed by atoms with Gasteiger partial charge in [0.25, 0.3) is 0 Å². The summed E-state index contributed by atoms with van der Waals surface area (Å²) in [6, 6.07) is 4.89. The number of rotatable bonds is 9. The fourth-order valence-corrected chi connectivity index (χ4v) is 3.33. The lowest BCUT2D eigenvalue weighted by atomic mass is 10.0. The normalized spacial score (nSPS) is 16.8. The fraction of sp³-hybridized carbons (Fsp3) is 0.591. The molecule has 1 saturated heterocycles. The van der Waals surface area contributed by atoms with Crippen LogP contribution in [0, 0.1) is 0 Å². The zero-order valence-corrected chi connectivity index (χ0v) is 21.0. The maximum absolute atomic E-state index is 12.8. The third-order valence-corrected chi connectivity index (χ3v) is 4.83. The Balaban J connectivity index is 0.00000512. The van der Waals surface area contributed by atoms with Gasteiger partial charge in [-0.1, -0.05) is 18.2 Å². The molecule has 1 aliphatic heterocycles. The second-order valence-corrected chi connectivity index (χ2v) is 7.86. The van der Waals surface area contributed by atoms with Crippen LogP contribution in [0.25, 0.3) is 0 Å². The Labute approximate surface area is 205 Å². The average molecular weight is 570 g/mol. The third kappa shape index (κ3) is 10.4. The summed E-state index contributed by atoms with van der Waals surface area (Å²) in [4.78, 5) is 6.78. The van der Waals surface area contributed by atoms with Crippen LogP contribution in [0.2, 0.25) is 0 Å². The van der Waals surface area contributed by atoms with Crippen molar-refractivity contribution in [3.63, 3.8) is 0 Å². The Hall–Kier alpha value is -1.53. The van der Waals surface area contributed by atoms with Gasteiger partial charge in [0.1, 0.15) is 18.5 Å². The number of benzene rings is 1. The van der Waals surface area contributed by atoms with Gasteiger partial charge >= 0.3 is 6.18 Å². The van der Waals surface area contributed by atoms with Gasteiger partial charge in [-0.25, -0.2) is 0 Å². The first kappa shape index (κ1) is 28.5. The zero-order chi connectivity index (χ0) is 22.9. The molecule has 6 nitrogen and oxygen atoms in total. The number of nitrogens with zero attached hydrogens (tertiary/aromatic N) is 2. The number of aliphatic imine (C=N–C) groups is 1. The van der Waals surface area contributed by atoms with Gasteiger partial charge in [-0.05, 0) is 44.9 Å². The maximum Gasteiger partial charge on any atom is 0.416 e. The molecule has 0 aliphatic carbocycles. The number of halogens is 4. The molecule has 0 bridgehead atoms. The molecule has 182 valence electrons. The number of hydrogen-bond donors (Lipinski definition) is 3. The van der Waals surface area contributed by atoms with Crippen molar-refractivity contribution in [3.8, 4) is 5.75 Å². The van der Waals surface area contributed by atoms with E-state index in [-0.39, 0.29) is 48.9 Å². The Kier molecular flexibility index (Phi) is 12.4. The van der Waals surface area contributed by atoms with E-state index in [9.17, 15) is 18.3 Å². The van der Waals surface area contributed by atoms with E-state index in [0.29, 0.717) is 12.5 Å². The molecule has 32 heavy (non-hydrogen) atoms. The molecule has 3 N–H and O–H groups in total. The Morgan fingerprint density at radius 2 is 2.03 bits per heavy atom. The first-order valence-corrected chi connectivity index (χ1v) is 10.6. The van der Waals surface area contributed by atoms with E-state index in [1.165, 1.54) is 12.1 Å². The van der Waals surface area contributed by atoms with Crippen LogP contribution in [0.1, 0.15) is 32.3 Å². The number of piperidine rings is 1. The molecule has 1 aliphatic rings. The second-order valence-electron chi connectivity index (χ2n) is 7.86. The summed E-state index contributed by atoms with van der Waals surface area (Å²) in [5.41, 5.74) is 0.369. The highest BCUT2D eigenvalue weighted by atomic mass is 127. The number of alkyl halides is 3. The molecule has 0 saturated carbocycles. The summed E-state index contributed by atoms with van der Waals surface area (Å²) in [6.45, 7) is 11.4. The van der Waals surface area contributed by atoms with E-state index >= 15 is 0 Å². The van der Waals surface area contributed by atoms with Crippen molar-refractivity contribution in [2.75, 3.05) is 39.3 Å². The van der Waals surface area contributed by atoms with E-state index < -0.39 is 17.8 Å². The zero-order valence-electron chi connectivity index (χ0n) is 18.6. The highest BCUT2D eigenvalue weighted by Gasteiger charge is 2.30. The van der Waals surface area contributed by atoms with Crippen LogP contribution in [0.3, 0.4) is 0 Å². The number of nitrogens with one attached hydrogen (secondary N) is 2. The van der Waals surface area contributed by atoms with Crippen molar-refractivity contribution < 1.29 is 23.0 Å². The number of guanidine groups is 1. The van der Waals surface area contributed by atoms with Gasteiger partial charge in [-0.15, -0.1) is 24.0 Å². The first-order valence-electron chi connectivity index (χ1n) is 10.6. The van der Waals surface area contributed by atoms with Crippen LogP contribution in [0.15, 0.2) is 41.4 Å². The van der Waals surface area contributed by atoms with Crippen LogP contribution in [-0.2, 0) is 6.18 Å². The molecule has 0 radical (unpaired) electrons. The maximum atomic E-state index is 12.8. The second kappa shape index (κ2) is 13.9. The summed E-state index contributed by atoms with van der Waals surface area (Å²) in [5.74, 6) is 0.670. The molecule has 2 rings (SSSR count). The third-order valence-electron chi connectivity index (χ3n) is 4.83. The van der Waals surface area contributed by atoms with E-state index in [1.807, 2.05) is 13.8 Å². The standard InChI is InChI=1S/C22H33F3N4O2.HI/c1-4-26-21(28-18-8-10-29(11-9-18)14-16(2)3)27-13-19(30)15-31-20-7-5-6-17(12-20)22(23,24)25;/h5-7,12,18-19,30H,2,4,8-11,13-15H2,1,3H3,(H2,26,27,28);1H. The van der Waals surface area contributed by atoms with Gasteiger partial charge in [0.2, 0.25) is 0 Å². The highest BCUT2D eigenvalue weighted by molar-refractivity contribution is 14.0. The number of ether oxygens (including phenoxy) is 1. The van der Waals surface area contributed by atoms with Crippen molar-refractivity contribution in [1.29, 1.82) is 0 Å². The topological polar surface area (TPSA) is 69.1 Å². The predicted octanol–water partition coefficient (Wildman–Crippen LogP) is 3.66. The Bertz CT molecular complexity index is 738. The van der Waals surface area contributed by atoms with Gasteiger partial charge in [-0.2, -0.15) is 13.2 Å². The quantitative estimate of drug-likeness (QED) is 0.183. The summed E-state index contributed by atoms with van der Waals surface area (Å²) >= 11 is 0. The van der Waals surface area contributed by atoms with E-state index in [0.717, 1.165) is 50.2 Å². The van der Waals surface area contributed by atoms with Gasteiger partial charge in [0, 0.05) is 32.2 Å². The lowest BCUT2D eigenvalue weighted by Crippen LogP contribution is -2.49. The first-order chi connectivity index (χ1) is 14.7. The Morgan fingerprint density at radius 3 is 2.62 bits per heavy atom. The smallest absolute Gasteiger partial charge is 0.416 e. The number of aliphatic hydroxyl groups excluding tert-OH is 1. The molecule has 0 amide bonds. The minimum absolute atomic E-state index is 0. The SMILES string of the molecule is C=C(C)CN1CCC(NC(=NCC(O)COc2cccc(C(F)(F)F)c2)NCC)CC1.I. The van der Waals surface area contributed by atoms with Crippen LogP contribution in [0.4, 0.5) is 13.2 Å². The van der Waals surface area contributed by atoms with Gasteiger partial charge in [-0.3, -0.25) is 9.89 Å². The lowest BCUT2D eigenvalue weighted by molar-refractivity contribution is -0.137. The summed E-state index contributed by atoms with van der Waals surface area (Å²) in [7, 11) is 0. The number of aliphatic hydroxyl groups is 1. The molecular weight excluding hydrogens is 536 g/mol. The summed E-state index contributed by atoms with van der Waals surface area (Å²) in [5, 5.41) is 16.7. The minimum atomic E-state index is -4.44. The lowest BCUT2D eigenvalue weighted by Gasteiger charge is -2.33. The number of likely N-dealkylation sites (tertiary alicyclic amines) is 1. The molecule has 1 heterocycles. The number of hydrogen-bond acceptors (Lipinski definition) is 4. The van der Waals surface area contributed by atoms with E-state index in [2.05, 4.69) is 27.1 Å². The minimum Gasteiger partial charge on any atom is -0.491 e. The van der Waals surface area contributed by atoms with Crippen molar-refractivity contribution in [1.82, 2.24) is 15.5 Å².